The fraction of sp³-hybridized carbons (Fsp3) is 0.571. The number of aliphatic hydroxyl groups excluding tert-OH is 5. The molecule has 2 rings (SSSR count). The van der Waals surface area contributed by atoms with Crippen molar-refractivity contribution in [3.8, 4) is 0 Å². The van der Waals surface area contributed by atoms with E-state index in [0.29, 0.717) is 0 Å². The van der Waals surface area contributed by atoms with Gasteiger partial charge in [0.2, 0.25) is 0 Å². The van der Waals surface area contributed by atoms with Crippen molar-refractivity contribution in [1.29, 1.82) is 0 Å². The molecule has 9 heteroatoms. The summed E-state index contributed by atoms with van der Waals surface area (Å²) in [5, 5.41) is 56.8. The van der Waals surface area contributed by atoms with Crippen LogP contribution in [0.2, 0.25) is 0 Å². The molecular formula is C14H18O9. The Bertz CT molecular complexity index is 552. The third-order valence-corrected chi connectivity index (χ3v) is 3.85. The molecule has 2 aliphatic carbocycles. The first-order valence-corrected chi connectivity index (χ1v) is 6.96. The van der Waals surface area contributed by atoms with Crippen molar-refractivity contribution >= 4 is 11.9 Å². The fourth-order valence-corrected chi connectivity index (χ4v) is 2.49. The maximum absolute atomic E-state index is 12.0. The van der Waals surface area contributed by atoms with Gasteiger partial charge in [0.15, 0.2) is 0 Å². The van der Waals surface area contributed by atoms with E-state index >= 15 is 0 Å². The molecule has 0 aromatic carbocycles. The smallest absolute Gasteiger partial charge is 0.334 e. The normalized spacial score (nSPS) is 37.6. The molecule has 23 heavy (non-hydrogen) atoms. The second kappa shape index (κ2) is 6.77. The minimum atomic E-state index is -1.49. The van der Waals surface area contributed by atoms with Crippen LogP contribution in [0.3, 0.4) is 0 Å². The standard InChI is InChI=1S/C14H18O9/c15-7-2-6(3-8(16)11(7)18)14(22)23-10-4-5(13(20)21)1-9(17)12(10)19/h2,4,7-12,15-19H,1,3H2,(H,20,21)/t7-,8-,9?,10?,11-,12?/m1/s1. The second-order valence-electron chi connectivity index (χ2n) is 5.57. The maximum Gasteiger partial charge on any atom is 0.334 e. The van der Waals surface area contributed by atoms with Gasteiger partial charge in [0.25, 0.3) is 0 Å². The van der Waals surface area contributed by atoms with Crippen molar-refractivity contribution in [3.05, 3.63) is 23.3 Å². The number of carboxylic acids is 1. The predicted molar refractivity (Wildman–Crippen MR) is 72.9 cm³/mol. The van der Waals surface area contributed by atoms with E-state index in [4.69, 9.17) is 9.84 Å². The fourth-order valence-electron chi connectivity index (χ4n) is 2.49. The summed E-state index contributed by atoms with van der Waals surface area (Å²) in [6.07, 6.45) is -7.00. The van der Waals surface area contributed by atoms with Gasteiger partial charge in [-0.2, -0.15) is 0 Å². The van der Waals surface area contributed by atoms with Gasteiger partial charge in [-0.3, -0.25) is 0 Å². The van der Waals surface area contributed by atoms with Crippen LogP contribution >= 0.6 is 0 Å². The van der Waals surface area contributed by atoms with Crippen molar-refractivity contribution in [3.63, 3.8) is 0 Å². The Morgan fingerprint density at radius 1 is 0.913 bits per heavy atom. The number of aliphatic carboxylic acids is 1. The van der Waals surface area contributed by atoms with Gasteiger partial charge in [-0.1, -0.05) is 0 Å². The Balaban J connectivity index is 2.14. The Hall–Kier alpha value is -1.78. The predicted octanol–water partition coefficient (Wildman–Crippen LogP) is -2.55. The summed E-state index contributed by atoms with van der Waals surface area (Å²) < 4.78 is 4.96. The number of carbonyl (C=O) groups excluding carboxylic acids is 1. The van der Waals surface area contributed by atoms with E-state index in [1.807, 2.05) is 0 Å². The van der Waals surface area contributed by atoms with Gasteiger partial charge in [0.1, 0.15) is 24.4 Å². The quantitative estimate of drug-likeness (QED) is 0.305. The van der Waals surface area contributed by atoms with E-state index in [1.165, 1.54) is 0 Å². The molecular weight excluding hydrogens is 312 g/mol. The Morgan fingerprint density at radius 2 is 1.48 bits per heavy atom. The van der Waals surface area contributed by atoms with Crippen LogP contribution in [0.15, 0.2) is 23.3 Å². The molecule has 0 saturated heterocycles. The number of hydrogen-bond acceptors (Lipinski definition) is 8. The number of carbonyl (C=O) groups is 2. The SMILES string of the molecule is O=C(O)C1=CC(OC(=O)C2=C[C@@H](O)[C@@H](O)[C@H](O)C2)C(O)C(O)C1. The summed E-state index contributed by atoms with van der Waals surface area (Å²) in [5.41, 5.74) is -0.318. The van der Waals surface area contributed by atoms with Crippen LogP contribution in [-0.2, 0) is 14.3 Å². The molecule has 0 aromatic rings. The lowest BCUT2D eigenvalue weighted by atomic mass is 9.91. The monoisotopic (exact) mass is 330 g/mol. The summed E-state index contributed by atoms with van der Waals surface area (Å²) >= 11 is 0. The van der Waals surface area contributed by atoms with Crippen molar-refractivity contribution in [2.24, 2.45) is 0 Å². The molecule has 6 N–H and O–H groups in total. The Labute approximate surface area is 130 Å². The van der Waals surface area contributed by atoms with Crippen LogP contribution in [0.5, 0.6) is 0 Å². The summed E-state index contributed by atoms with van der Waals surface area (Å²) in [5.74, 6) is -2.29. The van der Waals surface area contributed by atoms with Crippen LogP contribution in [0.1, 0.15) is 12.8 Å². The Morgan fingerprint density at radius 3 is 2.04 bits per heavy atom. The van der Waals surface area contributed by atoms with E-state index < -0.39 is 48.6 Å². The molecule has 0 spiro atoms. The highest BCUT2D eigenvalue weighted by molar-refractivity contribution is 5.90. The third-order valence-electron chi connectivity index (χ3n) is 3.85. The van der Waals surface area contributed by atoms with Gasteiger partial charge in [-0.05, 0) is 12.2 Å². The lowest BCUT2D eigenvalue weighted by Gasteiger charge is -2.31. The van der Waals surface area contributed by atoms with E-state index in [0.717, 1.165) is 12.2 Å². The average molecular weight is 330 g/mol. The van der Waals surface area contributed by atoms with Crippen molar-refractivity contribution in [1.82, 2.24) is 0 Å². The number of carboxylic acid groups (broad SMARTS) is 1. The molecule has 0 heterocycles. The lowest BCUT2D eigenvalue weighted by Crippen LogP contribution is -2.45. The van der Waals surface area contributed by atoms with Gasteiger partial charge in [-0.25, -0.2) is 9.59 Å². The molecule has 0 aliphatic heterocycles. The number of esters is 1. The van der Waals surface area contributed by atoms with Crippen LogP contribution in [-0.4, -0.2) is 79.2 Å². The largest absolute Gasteiger partial charge is 0.478 e. The van der Waals surface area contributed by atoms with E-state index in [-0.39, 0.29) is 24.0 Å². The molecule has 9 nitrogen and oxygen atoms in total. The van der Waals surface area contributed by atoms with Crippen LogP contribution in [0.4, 0.5) is 0 Å². The van der Waals surface area contributed by atoms with Crippen molar-refractivity contribution in [2.75, 3.05) is 0 Å². The number of hydrogen-bond donors (Lipinski definition) is 6. The Kier molecular flexibility index (Phi) is 5.17. The zero-order chi connectivity index (χ0) is 17.3. The van der Waals surface area contributed by atoms with Crippen LogP contribution < -0.4 is 0 Å². The van der Waals surface area contributed by atoms with Crippen LogP contribution in [0, 0.1) is 0 Å². The van der Waals surface area contributed by atoms with E-state index in [2.05, 4.69) is 0 Å². The average Bonchev–Trinajstić information content (AvgIpc) is 2.48. The van der Waals surface area contributed by atoms with Crippen LogP contribution in [0.25, 0.3) is 0 Å². The molecule has 0 bridgehead atoms. The van der Waals surface area contributed by atoms with Gasteiger partial charge < -0.3 is 35.4 Å². The molecule has 0 aromatic heterocycles. The topological polar surface area (TPSA) is 165 Å². The first kappa shape index (κ1) is 17.6. The van der Waals surface area contributed by atoms with E-state index in [9.17, 15) is 35.1 Å². The second-order valence-corrected chi connectivity index (χ2v) is 5.57. The first-order valence-electron chi connectivity index (χ1n) is 6.96. The molecule has 6 atom stereocenters. The molecule has 2 aliphatic rings. The molecule has 0 amide bonds. The summed E-state index contributed by atoms with van der Waals surface area (Å²) in [7, 11) is 0. The minimum Gasteiger partial charge on any atom is -0.478 e. The number of rotatable bonds is 3. The minimum absolute atomic E-state index is 0.118. The highest BCUT2D eigenvalue weighted by Gasteiger charge is 2.37. The van der Waals surface area contributed by atoms with Gasteiger partial charge in [-0.15, -0.1) is 0 Å². The molecule has 128 valence electrons. The highest BCUT2D eigenvalue weighted by atomic mass is 16.6. The zero-order valence-electron chi connectivity index (χ0n) is 11.9. The van der Waals surface area contributed by atoms with Crippen molar-refractivity contribution < 1.29 is 45.0 Å². The van der Waals surface area contributed by atoms with Gasteiger partial charge in [0.05, 0.1) is 12.2 Å². The molecule has 0 fully saturated rings. The lowest BCUT2D eigenvalue weighted by molar-refractivity contribution is -0.154. The van der Waals surface area contributed by atoms with E-state index in [1.54, 1.807) is 0 Å². The highest BCUT2D eigenvalue weighted by Crippen LogP contribution is 2.25. The number of aliphatic hydroxyl groups is 5. The molecule has 3 unspecified atom stereocenters. The first-order chi connectivity index (χ1) is 10.7. The summed E-state index contributed by atoms with van der Waals surface area (Å²) in [4.78, 5) is 23.0. The third kappa shape index (κ3) is 3.77. The van der Waals surface area contributed by atoms with Crippen molar-refractivity contribution in [2.45, 2.75) is 49.5 Å². The van der Waals surface area contributed by atoms with Gasteiger partial charge in [0, 0.05) is 24.0 Å². The summed E-state index contributed by atoms with van der Waals surface area (Å²) in [6, 6.07) is 0. The number of ether oxygens (including phenoxy) is 1. The zero-order valence-corrected chi connectivity index (χ0v) is 11.9. The maximum atomic E-state index is 12.0. The van der Waals surface area contributed by atoms with Gasteiger partial charge >= 0.3 is 11.9 Å². The molecule has 0 radical (unpaired) electrons. The summed E-state index contributed by atoms with van der Waals surface area (Å²) in [6.45, 7) is 0. The molecule has 0 saturated carbocycles.